The first-order valence-electron chi connectivity index (χ1n) is 6.97. The molecule has 0 bridgehead atoms. The third kappa shape index (κ3) is 3.71. The van der Waals surface area contributed by atoms with Crippen LogP contribution in [0.3, 0.4) is 0 Å². The molecule has 1 aliphatic heterocycles. The SMILES string of the molecule is CCC(O)c1ccccc1OCC(=O)N1CCOCC1. The Morgan fingerprint density at radius 1 is 1.40 bits per heavy atom. The molecule has 1 N–H and O–H groups in total. The Hall–Kier alpha value is -1.59. The molecule has 0 radical (unpaired) electrons. The number of ether oxygens (including phenoxy) is 2. The van der Waals surface area contributed by atoms with Crippen molar-refractivity contribution in [1.29, 1.82) is 0 Å². The van der Waals surface area contributed by atoms with Crippen molar-refractivity contribution in [3.8, 4) is 5.75 Å². The molecule has 5 nitrogen and oxygen atoms in total. The number of benzene rings is 1. The number of nitrogens with zero attached hydrogens (tertiary/aromatic N) is 1. The van der Waals surface area contributed by atoms with Gasteiger partial charge >= 0.3 is 0 Å². The summed E-state index contributed by atoms with van der Waals surface area (Å²) >= 11 is 0. The molecule has 1 saturated heterocycles. The highest BCUT2D eigenvalue weighted by Crippen LogP contribution is 2.26. The van der Waals surface area contributed by atoms with Crippen LogP contribution in [0.1, 0.15) is 25.0 Å². The number of para-hydroxylation sites is 1. The van der Waals surface area contributed by atoms with Crippen molar-refractivity contribution in [2.75, 3.05) is 32.9 Å². The molecule has 20 heavy (non-hydrogen) atoms. The van der Waals surface area contributed by atoms with Gasteiger partial charge in [0, 0.05) is 18.7 Å². The number of amides is 1. The highest BCUT2D eigenvalue weighted by Gasteiger charge is 2.18. The maximum Gasteiger partial charge on any atom is 0.260 e. The van der Waals surface area contributed by atoms with Gasteiger partial charge in [0.1, 0.15) is 5.75 Å². The lowest BCUT2D eigenvalue weighted by atomic mass is 10.1. The van der Waals surface area contributed by atoms with Crippen molar-refractivity contribution < 1.29 is 19.4 Å². The summed E-state index contributed by atoms with van der Waals surface area (Å²) in [5, 5.41) is 9.93. The van der Waals surface area contributed by atoms with Crippen molar-refractivity contribution in [3.63, 3.8) is 0 Å². The number of aliphatic hydroxyl groups is 1. The van der Waals surface area contributed by atoms with Crippen molar-refractivity contribution in [3.05, 3.63) is 29.8 Å². The molecule has 5 heteroatoms. The molecule has 1 heterocycles. The molecule has 1 aliphatic rings. The Morgan fingerprint density at radius 3 is 2.80 bits per heavy atom. The average molecular weight is 279 g/mol. The van der Waals surface area contributed by atoms with E-state index in [0.717, 1.165) is 5.56 Å². The predicted molar refractivity (Wildman–Crippen MR) is 74.6 cm³/mol. The number of carbonyl (C=O) groups excluding carboxylic acids is 1. The molecule has 0 spiro atoms. The van der Waals surface area contributed by atoms with Gasteiger partial charge in [0.15, 0.2) is 6.61 Å². The van der Waals surface area contributed by atoms with Gasteiger partial charge in [-0.1, -0.05) is 25.1 Å². The number of rotatable bonds is 5. The maximum atomic E-state index is 12.0. The second-order valence-corrected chi connectivity index (χ2v) is 4.74. The van der Waals surface area contributed by atoms with Gasteiger partial charge in [-0.25, -0.2) is 0 Å². The topological polar surface area (TPSA) is 59.0 Å². The zero-order valence-electron chi connectivity index (χ0n) is 11.7. The van der Waals surface area contributed by atoms with Gasteiger partial charge in [-0.3, -0.25) is 4.79 Å². The van der Waals surface area contributed by atoms with E-state index in [4.69, 9.17) is 9.47 Å². The fraction of sp³-hybridized carbons (Fsp3) is 0.533. The zero-order chi connectivity index (χ0) is 14.4. The van der Waals surface area contributed by atoms with E-state index in [2.05, 4.69) is 0 Å². The number of morpholine rings is 1. The number of aliphatic hydroxyl groups excluding tert-OH is 1. The fourth-order valence-electron chi connectivity index (χ4n) is 2.15. The summed E-state index contributed by atoms with van der Waals surface area (Å²) in [5.74, 6) is 0.526. The number of hydrogen-bond donors (Lipinski definition) is 1. The van der Waals surface area contributed by atoms with Gasteiger partial charge in [0.05, 0.1) is 19.3 Å². The quantitative estimate of drug-likeness (QED) is 0.884. The van der Waals surface area contributed by atoms with Crippen LogP contribution in [0.5, 0.6) is 5.75 Å². The Labute approximate surface area is 119 Å². The summed E-state index contributed by atoms with van der Waals surface area (Å²) in [6.45, 7) is 4.28. The molecule has 1 atom stereocenters. The minimum atomic E-state index is -0.565. The molecule has 2 rings (SSSR count). The Balaban J connectivity index is 1.94. The van der Waals surface area contributed by atoms with E-state index in [0.29, 0.717) is 38.5 Å². The molecular weight excluding hydrogens is 258 g/mol. The third-order valence-corrected chi connectivity index (χ3v) is 3.38. The molecule has 110 valence electrons. The highest BCUT2D eigenvalue weighted by atomic mass is 16.5. The van der Waals surface area contributed by atoms with Crippen molar-refractivity contribution >= 4 is 5.91 Å². The van der Waals surface area contributed by atoms with Gasteiger partial charge in [0.2, 0.25) is 0 Å². The Bertz CT molecular complexity index is 443. The summed E-state index contributed by atoms with van der Waals surface area (Å²) in [5.41, 5.74) is 0.727. The van der Waals surface area contributed by atoms with E-state index in [9.17, 15) is 9.90 Å². The van der Waals surface area contributed by atoms with Gasteiger partial charge in [-0.15, -0.1) is 0 Å². The normalized spacial score (nSPS) is 16.8. The fourth-order valence-corrected chi connectivity index (χ4v) is 2.15. The summed E-state index contributed by atoms with van der Waals surface area (Å²) in [4.78, 5) is 13.7. The molecule has 1 fully saturated rings. The average Bonchev–Trinajstić information content (AvgIpc) is 2.53. The lowest BCUT2D eigenvalue weighted by molar-refractivity contribution is -0.137. The van der Waals surface area contributed by atoms with Crippen LogP contribution in [0.2, 0.25) is 0 Å². The Kier molecular flexibility index (Phi) is 5.38. The van der Waals surface area contributed by atoms with Crippen molar-refractivity contribution in [2.24, 2.45) is 0 Å². The van der Waals surface area contributed by atoms with E-state index in [-0.39, 0.29) is 12.5 Å². The van der Waals surface area contributed by atoms with Gasteiger partial charge < -0.3 is 19.5 Å². The van der Waals surface area contributed by atoms with Crippen LogP contribution < -0.4 is 4.74 Å². The van der Waals surface area contributed by atoms with Gasteiger partial charge in [-0.05, 0) is 12.5 Å². The standard InChI is InChI=1S/C15H21NO4/c1-2-13(17)12-5-3-4-6-14(12)20-11-15(18)16-7-9-19-10-8-16/h3-6,13,17H,2,7-11H2,1H3. The van der Waals surface area contributed by atoms with Gasteiger partial charge in [0.25, 0.3) is 5.91 Å². The van der Waals surface area contributed by atoms with E-state index in [1.54, 1.807) is 11.0 Å². The molecule has 1 unspecified atom stereocenters. The van der Waals surface area contributed by atoms with Crippen LogP contribution in [-0.2, 0) is 9.53 Å². The van der Waals surface area contributed by atoms with E-state index in [1.165, 1.54) is 0 Å². The van der Waals surface area contributed by atoms with Crippen LogP contribution in [0.15, 0.2) is 24.3 Å². The summed E-state index contributed by atoms with van der Waals surface area (Å²) < 4.78 is 10.8. The van der Waals surface area contributed by atoms with Gasteiger partial charge in [-0.2, -0.15) is 0 Å². The molecular formula is C15H21NO4. The van der Waals surface area contributed by atoms with Crippen LogP contribution in [-0.4, -0.2) is 48.8 Å². The van der Waals surface area contributed by atoms with Crippen molar-refractivity contribution in [1.82, 2.24) is 4.90 Å². The maximum absolute atomic E-state index is 12.0. The largest absolute Gasteiger partial charge is 0.483 e. The van der Waals surface area contributed by atoms with Crippen LogP contribution in [0.25, 0.3) is 0 Å². The number of carbonyl (C=O) groups is 1. The van der Waals surface area contributed by atoms with Crippen molar-refractivity contribution in [2.45, 2.75) is 19.4 Å². The first-order chi connectivity index (χ1) is 9.72. The second-order valence-electron chi connectivity index (χ2n) is 4.74. The third-order valence-electron chi connectivity index (χ3n) is 3.38. The monoisotopic (exact) mass is 279 g/mol. The lowest BCUT2D eigenvalue weighted by Crippen LogP contribution is -2.43. The van der Waals surface area contributed by atoms with E-state index < -0.39 is 6.10 Å². The first-order valence-corrected chi connectivity index (χ1v) is 6.97. The smallest absolute Gasteiger partial charge is 0.260 e. The molecule has 0 aliphatic carbocycles. The predicted octanol–water partition coefficient (Wildman–Crippen LogP) is 1.37. The van der Waals surface area contributed by atoms with Crippen LogP contribution >= 0.6 is 0 Å². The second kappa shape index (κ2) is 7.26. The van der Waals surface area contributed by atoms with Crippen LogP contribution in [0, 0.1) is 0 Å². The molecule has 0 saturated carbocycles. The molecule has 1 aromatic carbocycles. The minimum absolute atomic E-state index is 0.00650. The summed E-state index contributed by atoms with van der Waals surface area (Å²) in [6.07, 6.45) is 0.0438. The Morgan fingerprint density at radius 2 is 2.10 bits per heavy atom. The van der Waals surface area contributed by atoms with Crippen LogP contribution in [0.4, 0.5) is 0 Å². The molecule has 1 aromatic rings. The van der Waals surface area contributed by atoms with E-state index >= 15 is 0 Å². The summed E-state index contributed by atoms with van der Waals surface area (Å²) in [6, 6.07) is 7.29. The lowest BCUT2D eigenvalue weighted by Gasteiger charge is -2.27. The highest BCUT2D eigenvalue weighted by molar-refractivity contribution is 5.77. The molecule has 1 amide bonds. The number of hydrogen-bond acceptors (Lipinski definition) is 4. The van der Waals surface area contributed by atoms with E-state index in [1.807, 2.05) is 25.1 Å². The minimum Gasteiger partial charge on any atom is -0.483 e. The summed E-state index contributed by atoms with van der Waals surface area (Å²) in [7, 11) is 0. The zero-order valence-corrected chi connectivity index (χ0v) is 11.7. The first kappa shape index (κ1) is 14.8. The molecule has 0 aromatic heterocycles.